The number of carbonyl (C=O) groups is 1. The zero-order chi connectivity index (χ0) is 14.7. The fraction of sp³-hybridized carbons (Fsp3) is 0.278. The third-order valence-electron chi connectivity index (χ3n) is 4.04. The van der Waals surface area contributed by atoms with E-state index < -0.39 is 0 Å². The van der Waals surface area contributed by atoms with Crippen LogP contribution >= 0.6 is 0 Å². The van der Waals surface area contributed by atoms with E-state index in [4.69, 9.17) is 4.74 Å². The van der Waals surface area contributed by atoms with Crippen LogP contribution in [0.2, 0.25) is 0 Å². The number of rotatable bonds is 4. The molecule has 0 atom stereocenters. The van der Waals surface area contributed by atoms with E-state index in [9.17, 15) is 4.79 Å². The van der Waals surface area contributed by atoms with E-state index >= 15 is 0 Å². The quantitative estimate of drug-likeness (QED) is 0.807. The van der Waals surface area contributed by atoms with Crippen LogP contribution in [0.25, 0.3) is 0 Å². The molecule has 0 spiro atoms. The minimum absolute atomic E-state index is 0.697. The van der Waals surface area contributed by atoms with Crippen molar-refractivity contribution in [3.63, 3.8) is 0 Å². The summed E-state index contributed by atoms with van der Waals surface area (Å²) in [6.45, 7) is 2.79. The molecule has 3 nitrogen and oxygen atoms in total. The van der Waals surface area contributed by atoms with Gasteiger partial charge in [-0.2, -0.15) is 0 Å². The number of hydrogen-bond donors (Lipinski definition) is 0. The van der Waals surface area contributed by atoms with E-state index in [2.05, 4.69) is 29.2 Å². The van der Waals surface area contributed by atoms with E-state index in [1.54, 1.807) is 13.2 Å². The van der Waals surface area contributed by atoms with Crippen LogP contribution in [0.3, 0.4) is 0 Å². The van der Waals surface area contributed by atoms with Gasteiger partial charge in [-0.05, 0) is 35.7 Å². The molecule has 1 heterocycles. The molecule has 1 aliphatic heterocycles. The molecule has 108 valence electrons. The second-order valence-electron chi connectivity index (χ2n) is 5.42. The first-order chi connectivity index (χ1) is 10.3. The first-order valence-corrected chi connectivity index (χ1v) is 7.21. The van der Waals surface area contributed by atoms with Crippen molar-refractivity contribution >= 4 is 6.29 Å². The maximum absolute atomic E-state index is 11.0. The van der Waals surface area contributed by atoms with Gasteiger partial charge in [0.05, 0.1) is 7.11 Å². The van der Waals surface area contributed by atoms with Crippen molar-refractivity contribution in [2.45, 2.75) is 19.5 Å². The van der Waals surface area contributed by atoms with E-state index in [0.29, 0.717) is 5.56 Å². The van der Waals surface area contributed by atoms with Gasteiger partial charge < -0.3 is 4.74 Å². The van der Waals surface area contributed by atoms with Crippen LogP contribution in [0.1, 0.15) is 27.0 Å². The molecule has 3 rings (SSSR count). The molecule has 0 fully saturated rings. The first-order valence-electron chi connectivity index (χ1n) is 7.21. The van der Waals surface area contributed by atoms with Gasteiger partial charge in [0.2, 0.25) is 0 Å². The molecule has 0 aliphatic carbocycles. The van der Waals surface area contributed by atoms with Gasteiger partial charge in [-0.15, -0.1) is 0 Å². The molecule has 2 aromatic rings. The standard InChI is InChI=1S/C18H19NO2/c1-21-18-7-6-14(13-20)10-17(18)12-19-9-8-15-4-2-3-5-16(15)11-19/h2-7,10,13H,8-9,11-12H2,1H3. The Labute approximate surface area is 125 Å². The normalized spacial score (nSPS) is 14.5. The van der Waals surface area contributed by atoms with Crippen molar-refractivity contribution in [3.05, 3.63) is 64.7 Å². The summed E-state index contributed by atoms with van der Waals surface area (Å²) in [6, 6.07) is 14.2. The minimum atomic E-state index is 0.697. The predicted molar refractivity (Wildman–Crippen MR) is 82.6 cm³/mol. The third-order valence-corrected chi connectivity index (χ3v) is 4.04. The molecule has 0 radical (unpaired) electrons. The van der Waals surface area contributed by atoms with Gasteiger partial charge in [0, 0.05) is 30.8 Å². The average Bonchev–Trinajstić information content (AvgIpc) is 2.54. The second kappa shape index (κ2) is 6.10. The lowest BCUT2D eigenvalue weighted by Crippen LogP contribution is -2.30. The summed E-state index contributed by atoms with van der Waals surface area (Å²) in [5.41, 5.74) is 4.61. The lowest BCUT2D eigenvalue weighted by Gasteiger charge is -2.29. The SMILES string of the molecule is COc1ccc(C=O)cc1CN1CCc2ccccc2C1. The summed E-state index contributed by atoms with van der Waals surface area (Å²) in [5.74, 6) is 0.847. The highest BCUT2D eigenvalue weighted by atomic mass is 16.5. The van der Waals surface area contributed by atoms with Gasteiger partial charge in [0.25, 0.3) is 0 Å². The number of fused-ring (bicyclic) bond motifs is 1. The number of benzene rings is 2. The van der Waals surface area contributed by atoms with Crippen molar-refractivity contribution in [1.82, 2.24) is 4.90 Å². The molecule has 3 heteroatoms. The summed E-state index contributed by atoms with van der Waals surface area (Å²) in [5, 5.41) is 0. The Balaban J connectivity index is 1.80. The van der Waals surface area contributed by atoms with Crippen molar-refractivity contribution in [3.8, 4) is 5.75 Å². The van der Waals surface area contributed by atoms with Crippen LogP contribution in [0.5, 0.6) is 5.75 Å². The number of methoxy groups -OCH3 is 1. The zero-order valence-electron chi connectivity index (χ0n) is 12.2. The van der Waals surface area contributed by atoms with Gasteiger partial charge in [-0.3, -0.25) is 9.69 Å². The molecule has 0 N–H and O–H groups in total. The molecule has 1 aliphatic rings. The molecule has 0 bridgehead atoms. The van der Waals surface area contributed by atoms with Crippen molar-refractivity contribution in [1.29, 1.82) is 0 Å². The molecule has 0 aromatic heterocycles. The van der Waals surface area contributed by atoms with Gasteiger partial charge in [0.15, 0.2) is 0 Å². The van der Waals surface area contributed by atoms with Crippen LogP contribution < -0.4 is 4.74 Å². The molecule has 21 heavy (non-hydrogen) atoms. The van der Waals surface area contributed by atoms with Crippen LogP contribution in [0.4, 0.5) is 0 Å². The Morgan fingerprint density at radius 2 is 2.00 bits per heavy atom. The minimum Gasteiger partial charge on any atom is -0.496 e. The van der Waals surface area contributed by atoms with Gasteiger partial charge in [0.1, 0.15) is 12.0 Å². The first kappa shape index (κ1) is 13.8. The van der Waals surface area contributed by atoms with Crippen molar-refractivity contribution in [2.75, 3.05) is 13.7 Å². The highest BCUT2D eigenvalue weighted by Crippen LogP contribution is 2.25. The third kappa shape index (κ3) is 2.98. The van der Waals surface area contributed by atoms with Crippen molar-refractivity contribution < 1.29 is 9.53 Å². The molecule has 2 aromatic carbocycles. The fourth-order valence-corrected chi connectivity index (χ4v) is 2.93. The Morgan fingerprint density at radius 1 is 1.19 bits per heavy atom. The average molecular weight is 281 g/mol. The summed E-state index contributed by atoms with van der Waals surface area (Å²) >= 11 is 0. The Bertz CT molecular complexity index is 651. The molecular formula is C18H19NO2. The van der Waals surface area contributed by atoms with E-state index in [-0.39, 0.29) is 0 Å². The monoisotopic (exact) mass is 281 g/mol. The van der Waals surface area contributed by atoms with Gasteiger partial charge >= 0.3 is 0 Å². The molecule has 0 saturated heterocycles. The Hall–Kier alpha value is -2.13. The molecule has 0 saturated carbocycles. The van der Waals surface area contributed by atoms with Crippen LogP contribution in [-0.2, 0) is 19.5 Å². The lowest BCUT2D eigenvalue weighted by molar-refractivity contribution is 0.112. The molecular weight excluding hydrogens is 262 g/mol. The van der Waals surface area contributed by atoms with Crippen LogP contribution in [-0.4, -0.2) is 24.8 Å². The van der Waals surface area contributed by atoms with E-state index in [1.807, 2.05) is 12.1 Å². The summed E-state index contributed by atoms with van der Waals surface area (Å²) in [7, 11) is 1.67. The number of carbonyl (C=O) groups excluding carboxylic acids is 1. The number of ether oxygens (including phenoxy) is 1. The highest BCUT2D eigenvalue weighted by molar-refractivity contribution is 5.75. The number of aldehydes is 1. The van der Waals surface area contributed by atoms with Crippen LogP contribution in [0, 0.1) is 0 Å². The largest absolute Gasteiger partial charge is 0.496 e. The van der Waals surface area contributed by atoms with Gasteiger partial charge in [-0.25, -0.2) is 0 Å². The fourth-order valence-electron chi connectivity index (χ4n) is 2.93. The Morgan fingerprint density at radius 3 is 2.76 bits per heavy atom. The Kier molecular flexibility index (Phi) is 4.02. The summed E-state index contributed by atoms with van der Waals surface area (Å²) in [4.78, 5) is 13.4. The maximum Gasteiger partial charge on any atom is 0.150 e. The van der Waals surface area contributed by atoms with Crippen LogP contribution in [0.15, 0.2) is 42.5 Å². The molecule has 0 amide bonds. The van der Waals surface area contributed by atoms with E-state index in [1.165, 1.54) is 11.1 Å². The number of nitrogens with zero attached hydrogens (tertiary/aromatic N) is 1. The number of hydrogen-bond acceptors (Lipinski definition) is 3. The smallest absolute Gasteiger partial charge is 0.150 e. The predicted octanol–water partition coefficient (Wildman–Crippen LogP) is 3.07. The van der Waals surface area contributed by atoms with E-state index in [0.717, 1.165) is 43.7 Å². The summed E-state index contributed by atoms with van der Waals surface area (Å²) in [6.07, 6.45) is 1.96. The zero-order valence-corrected chi connectivity index (χ0v) is 12.2. The van der Waals surface area contributed by atoms with Gasteiger partial charge in [-0.1, -0.05) is 24.3 Å². The topological polar surface area (TPSA) is 29.5 Å². The second-order valence-corrected chi connectivity index (χ2v) is 5.42. The van der Waals surface area contributed by atoms with Crippen molar-refractivity contribution in [2.24, 2.45) is 0 Å². The highest BCUT2D eigenvalue weighted by Gasteiger charge is 2.17. The maximum atomic E-state index is 11.0. The molecule has 0 unspecified atom stereocenters. The summed E-state index contributed by atoms with van der Waals surface area (Å²) < 4.78 is 5.41. The lowest BCUT2D eigenvalue weighted by atomic mass is 9.99.